The van der Waals surface area contributed by atoms with E-state index in [0.29, 0.717) is 0 Å². The molecule has 1 fully saturated rings. The van der Waals surface area contributed by atoms with Gasteiger partial charge in [-0.1, -0.05) is 27.6 Å². The first kappa shape index (κ1) is 9.78. The summed E-state index contributed by atoms with van der Waals surface area (Å²) in [6, 6.07) is 0. The van der Waals surface area contributed by atoms with E-state index < -0.39 is 0 Å². The molecule has 0 saturated carbocycles. The van der Waals surface area contributed by atoms with E-state index in [2.05, 4.69) is 22.0 Å². The highest BCUT2D eigenvalue weighted by atomic mass is 79.9. The van der Waals surface area contributed by atoms with Crippen LogP contribution < -0.4 is 0 Å². The van der Waals surface area contributed by atoms with Crippen molar-refractivity contribution in [3.8, 4) is 0 Å². The van der Waals surface area contributed by atoms with E-state index in [1.54, 1.807) is 0 Å². The highest BCUT2D eigenvalue weighted by Gasteiger charge is 2.28. The number of amides is 1. The van der Waals surface area contributed by atoms with Crippen molar-refractivity contribution in [3.05, 3.63) is 11.6 Å². The van der Waals surface area contributed by atoms with Crippen LogP contribution in [0.1, 0.15) is 20.3 Å². The summed E-state index contributed by atoms with van der Waals surface area (Å²) < 4.78 is 0. The van der Waals surface area contributed by atoms with Gasteiger partial charge in [-0.15, -0.1) is 0 Å². The van der Waals surface area contributed by atoms with E-state index >= 15 is 0 Å². The summed E-state index contributed by atoms with van der Waals surface area (Å²) in [5, 5.41) is 0. The van der Waals surface area contributed by atoms with E-state index in [0.717, 1.165) is 19.5 Å². The highest BCUT2D eigenvalue weighted by molar-refractivity contribution is 9.10. The zero-order valence-corrected chi connectivity index (χ0v) is 9.10. The molecule has 3 heteroatoms. The first-order chi connectivity index (χ1) is 5.61. The molecule has 1 saturated heterocycles. The number of carbonyl (C=O) groups excluding carboxylic acids is 1. The van der Waals surface area contributed by atoms with Gasteiger partial charge < -0.3 is 4.90 Å². The lowest BCUT2D eigenvalue weighted by molar-refractivity contribution is -0.126. The molecule has 68 valence electrons. The first-order valence-corrected chi connectivity index (χ1v) is 5.09. The summed E-state index contributed by atoms with van der Waals surface area (Å²) in [6.45, 7) is 5.75. The molecule has 0 aromatic heterocycles. The van der Waals surface area contributed by atoms with Gasteiger partial charge in [-0.2, -0.15) is 0 Å². The Bertz CT molecular complexity index is 209. The van der Waals surface area contributed by atoms with Crippen LogP contribution in [-0.2, 0) is 4.79 Å². The van der Waals surface area contributed by atoms with Crippen molar-refractivity contribution < 1.29 is 4.79 Å². The number of likely N-dealkylation sites (tertiary alicyclic amines) is 1. The molecule has 0 N–H and O–H groups in total. The van der Waals surface area contributed by atoms with Crippen LogP contribution in [0.5, 0.6) is 0 Å². The number of hydrogen-bond donors (Lipinski definition) is 0. The molecule has 1 rings (SSSR count). The quantitative estimate of drug-likeness (QED) is 0.526. The molecule has 0 aromatic rings. The number of nitrogens with zero attached hydrogens (tertiary/aromatic N) is 1. The largest absolute Gasteiger partial charge is 0.338 e. The average molecular weight is 232 g/mol. The van der Waals surface area contributed by atoms with E-state index in [9.17, 15) is 4.79 Å². The summed E-state index contributed by atoms with van der Waals surface area (Å²) in [6.07, 6.45) is 3.03. The summed E-state index contributed by atoms with van der Waals surface area (Å²) in [5.41, 5.74) is 1.26. The van der Waals surface area contributed by atoms with Crippen LogP contribution in [0.15, 0.2) is 11.6 Å². The first-order valence-electron chi connectivity index (χ1n) is 4.17. The van der Waals surface area contributed by atoms with Crippen LogP contribution in [0.25, 0.3) is 0 Å². The summed E-state index contributed by atoms with van der Waals surface area (Å²) in [4.78, 5) is 13.3. The van der Waals surface area contributed by atoms with Crippen molar-refractivity contribution in [2.24, 2.45) is 0 Å². The van der Waals surface area contributed by atoms with E-state index in [1.807, 2.05) is 18.7 Å². The third-order valence-electron chi connectivity index (χ3n) is 1.95. The van der Waals surface area contributed by atoms with E-state index in [4.69, 9.17) is 0 Å². The molecule has 1 unspecified atom stereocenters. The zero-order chi connectivity index (χ0) is 9.14. The molecule has 1 heterocycles. The predicted molar refractivity (Wildman–Crippen MR) is 53.3 cm³/mol. The fourth-order valence-electron chi connectivity index (χ4n) is 1.17. The maximum absolute atomic E-state index is 11.4. The van der Waals surface area contributed by atoms with Crippen LogP contribution in [-0.4, -0.2) is 28.7 Å². The Morgan fingerprint density at radius 3 is 2.83 bits per heavy atom. The lowest BCUT2D eigenvalue weighted by Crippen LogP contribution is -2.27. The van der Waals surface area contributed by atoms with Crippen molar-refractivity contribution in [1.29, 1.82) is 0 Å². The molecule has 0 aromatic carbocycles. The molecule has 2 nitrogen and oxygen atoms in total. The third kappa shape index (κ3) is 2.34. The van der Waals surface area contributed by atoms with Crippen molar-refractivity contribution in [2.75, 3.05) is 13.1 Å². The molecule has 1 amide bonds. The lowest BCUT2D eigenvalue weighted by Gasteiger charge is -2.12. The summed E-state index contributed by atoms with van der Waals surface area (Å²) in [5.74, 6) is 0.229. The fraction of sp³-hybridized carbons (Fsp3) is 0.667. The fourth-order valence-corrected chi connectivity index (χ4v) is 1.67. The number of rotatable bonds is 2. The second-order valence-corrected chi connectivity index (χ2v) is 4.43. The number of allylic oxidation sites excluding steroid dienone is 1. The van der Waals surface area contributed by atoms with Gasteiger partial charge in [-0.3, -0.25) is 4.79 Å². The Labute approximate surface area is 81.8 Å². The number of hydrogen-bond acceptors (Lipinski definition) is 1. The van der Waals surface area contributed by atoms with Crippen molar-refractivity contribution in [2.45, 2.75) is 25.1 Å². The summed E-state index contributed by atoms with van der Waals surface area (Å²) in [7, 11) is 0. The number of carbonyl (C=O) groups is 1. The molecule has 12 heavy (non-hydrogen) atoms. The van der Waals surface area contributed by atoms with Crippen LogP contribution in [0.4, 0.5) is 0 Å². The van der Waals surface area contributed by atoms with Crippen molar-refractivity contribution >= 4 is 21.8 Å². The topological polar surface area (TPSA) is 20.3 Å². The van der Waals surface area contributed by atoms with Crippen LogP contribution >= 0.6 is 15.9 Å². The molecule has 0 aliphatic carbocycles. The smallest absolute Gasteiger partial charge is 0.236 e. The van der Waals surface area contributed by atoms with Gasteiger partial charge in [-0.25, -0.2) is 0 Å². The van der Waals surface area contributed by atoms with Gasteiger partial charge in [0.25, 0.3) is 0 Å². The van der Waals surface area contributed by atoms with Gasteiger partial charge in [0, 0.05) is 13.1 Å². The van der Waals surface area contributed by atoms with Gasteiger partial charge in [0.1, 0.15) is 0 Å². The third-order valence-corrected chi connectivity index (χ3v) is 2.80. The van der Waals surface area contributed by atoms with Gasteiger partial charge in [0.2, 0.25) is 5.91 Å². The standard InChI is InChI=1S/C9H14BrNO/c1-7(2)3-5-11-6-4-8(10)9(11)12/h3,8H,4-6H2,1-2H3. The van der Waals surface area contributed by atoms with Gasteiger partial charge >= 0.3 is 0 Å². The Morgan fingerprint density at radius 2 is 2.42 bits per heavy atom. The number of alkyl halides is 1. The predicted octanol–water partition coefficient (Wildman–Crippen LogP) is 1.95. The maximum atomic E-state index is 11.4. The zero-order valence-electron chi connectivity index (χ0n) is 7.51. The van der Waals surface area contributed by atoms with E-state index in [1.165, 1.54) is 5.57 Å². The van der Waals surface area contributed by atoms with Gasteiger partial charge in [-0.05, 0) is 20.3 Å². The second kappa shape index (κ2) is 4.08. The Morgan fingerprint density at radius 1 is 1.75 bits per heavy atom. The SMILES string of the molecule is CC(C)=CCN1CCC(Br)C1=O. The average Bonchev–Trinajstić information content (AvgIpc) is 2.30. The molecule has 0 radical (unpaired) electrons. The normalized spacial score (nSPS) is 23.1. The Balaban J connectivity index is 2.45. The lowest BCUT2D eigenvalue weighted by atomic mass is 10.3. The van der Waals surface area contributed by atoms with E-state index in [-0.39, 0.29) is 10.7 Å². The minimum absolute atomic E-state index is 0.0584. The molecule has 1 atom stereocenters. The highest BCUT2D eigenvalue weighted by Crippen LogP contribution is 2.17. The molecular formula is C9H14BrNO. The summed E-state index contributed by atoms with van der Waals surface area (Å²) >= 11 is 3.34. The molecule has 0 spiro atoms. The van der Waals surface area contributed by atoms with Crippen molar-refractivity contribution in [3.63, 3.8) is 0 Å². The maximum Gasteiger partial charge on any atom is 0.236 e. The second-order valence-electron chi connectivity index (χ2n) is 3.32. The van der Waals surface area contributed by atoms with Crippen molar-refractivity contribution in [1.82, 2.24) is 4.90 Å². The number of halogens is 1. The molecule has 1 aliphatic heterocycles. The minimum Gasteiger partial charge on any atom is -0.338 e. The van der Waals surface area contributed by atoms with Crippen LogP contribution in [0.3, 0.4) is 0 Å². The van der Waals surface area contributed by atoms with Crippen LogP contribution in [0, 0.1) is 0 Å². The molecule has 0 bridgehead atoms. The molecular weight excluding hydrogens is 218 g/mol. The van der Waals surface area contributed by atoms with Gasteiger partial charge in [0.15, 0.2) is 0 Å². The Hall–Kier alpha value is -0.310. The Kier molecular flexibility index (Phi) is 3.32. The van der Waals surface area contributed by atoms with Gasteiger partial charge in [0.05, 0.1) is 4.83 Å². The van der Waals surface area contributed by atoms with Crippen LogP contribution in [0.2, 0.25) is 0 Å². The minimum atomic E-state index is 0.0584. The molecule has 1 aliphatic rings. The monoisotopic (exact) mass is 231 g/mol.